The molecule has 7 nitrogen and oxygen atoms in total. The van der Waals surface area contributed by atoms with Gasteiger partial charge < -0.3 is 24.6 Å². The number of halogens is 2. The molecule has 0 aliphatic carbocycles. The molecule has 0 radical (unpaired) electrons. The molecule has 1 aliphatic heterocycles. The predicted molar refractivity (Wildman–Crippen MR) is 134 cm³/mol. The number of ketones is 1. The van der Waals surface area contributed by atoms with E-state index in [1.165, 1.54) is 24.1 Å². The van der Waals surface area contributed by atoms with E-state index in [0.29, 0.717) is 13.1 Å². The number of carbonyl (C=O) groups excluding carboxylic acids is 2. The van der Waals surface area contributed by atoms with E-state index >= 15 is 0 Å². The average Bonchev–Trinajstić information content (AvgIpc) is 3.23. The van der Waals surface area contributed by atoms with Crippen LogP contribution < -0.4 is 4.74 Å². The van der Waals surface area contributed by atoms with Gasteiger partial charge in [0.1, 0.15) is 11.5 Å². The first-order valence-corrected chi connectivity index (χ1v) is 11.4. The van der Waals surface area contributed by atoms with Crippen LogP contribution in [0.15, 0.2) is 42.0 Å². The van der Waals surface area contributed by atoms with Crippen molar-refractivity contribution in [1.29, 1.82) is 0 Å². The van der Waals surface area contributed by atoms with Crippen LogP contribution in [0.2, 0.25) is 10.0 Å². The fraction of sp³-hybridized carbons (Fsp3) is 0.280. The predicted octanol–water partition coefficient (Wildman–Crippen LogP) is 4.78. The second kappa shape index (κ2) is 9.33. The molecule has 3 aromatic rings. The molecule has 1 saturated heterocycles. The highest BCUT2D eigenvalue weighted by molar-refractivity contribution is 6.47. The molecule has 1 unspecified atom stereocenters. The van der Waals surface area contributed by atoms with Crippen LogP contribution in [0.5, 0.6) is 5.75 Å². The third-order valence-corrected chi connectivity index (χ3v) is 6.51. The molecule has 1 amide bonds. The molecule has 178 valence electrons. The minimum absolute atomic E-state index is 0.0340. The summed E-state index contributed by atoms with van der Waals surface area (Å²) in [6.07, 6.45) is 0. The Hall–Kier alpha value is -3.00. The number of aliphatic hydroxyl groups excluding tert-OH is 1. The van der Waals surface area contributed by atoms with Crippen molar-refractivity contribution in [3.8, 4) is 5.75 Å². The zero-order chi connectivity index (χ0) is 24.7. The molecule has 4 rings (SSSR count). The SMILES string of the molecule is COc1c(Cl)cc(Cl)cc1/C(O)=C1\C(=O)C(=O)N(CCN(C)C)C1c1c(C)[nH]c2ccccc12. The number of Topliss-reactive ketones (excluding diaryl/α,β-unsaturated/α-hetero) is 1. The highest BCUT2D eigenvalue weighted by Crippen LogP contribution is 2.45. The van der Waals surface area contributed by atoms with Gasteiger partial charge >= 0.3 is 0 Å². The van der Waals surface area contributed by atoms with Gasteiger partial charge in [-0.15, -0.1) is 0 Å². The van der Waals surface area contributed by atoms with Gasteiger partial charge in [-0.05, 0) is 39.2 Å². The van der Waals surface area contributed by atoms with E-state index in [4.69, 9.17) is 27.9 Å². The Morgan fingerprint density at radius 2 is 1.91 bits per heavy atom. The Kier molecular flexibility index (Phi) is 6.62. The summed E-state index contributed by atoms with van der Waals surface area (Å²) in [5, 5.41) is 12.8. The molecule has 9 heteroatoms. The largest absolute Gasteiger partial charge is 0.507 e. The summed E-state index contributed by atoms with van der Waals surface area (Å²) in [4.78, 5) is 33.3. The van der Waals surface area contributed by atoms with Crippen LogP contribution in [0.1, 0.15) is 22.9 Å². The Bertz CT molecular complexity index is 1330. The number of fused-ring (bicyclic) bond motifs is 1. The van der Waals surface area contributed by atoms with Crippen molar-refractivity contribution in [3.05, 3.63) is 68.8 Å². The number of aliphatic hydroxyl groups is 1. The van der Waals surface area contributed by atoms with Crippen LogP contribution in [-0.2, 0) is 9.59 Å². The Balaban J connectivity index is 2.01. The van der Waals surface area contributed by atoms with Gasteiger partial charge in [-0.3, -0.25) is 9.59 Å². The number of likely N-dealkylation sites (tertiary alicyclic amines) is 1. The van der Waals surface area contributed by atoms with Gasteiger partial charge in [-0.25, -0.2) is 0 Å². The number of aromatic nitrogens is 1. The fourth-order valence-corrected chi connectivity index (χ4v) is 5.03. The second-order valence-electron chi connectivity index (χ2n) is 8.47. The van der Waals surface area contributed by atoms with Crippen molar-refractivity contribution in [2.75, 3.05) is 34.3 Å². The molecule has 1 aliphatic rings. The van der Waals surface area contributed by atoms with Crippen LogP contribution in [0.25, 0.3) is 16.7 Å². The van der Waals surface area contributed by atoms with Gasteiger partial charge in [-0.1, -0.05) is 41.4 Å². The van der Waals surface area contributed by atoms with E-state index in [0.717, 1.165) is 22.2 Å². The Morgan fingerprint density at radius 1 is 1.21 bits per heavy atom. The molecule has 0 saturated carbocycles. The molecular formula is C25H25Cl2N3O4. The number of amides is 1. The summed E-state index contributed by atoms with van der Waals surface area (Å²) in [7, 11) is 5.19. The number of aromatic amines is 1. The summed E-state index contributed by atoms with van der Waals surface area (Å²) in [5.74, 6) is -1.67. The highest BCUT2D eigenvalue weighted by Gasteiger charge is 2.47. The molecule has 2 aromatic carbocycles. The molecule has 1 fully saturated rings. The zero-order valence-electron chi connectivity index (χ0n) is 19.3. The minimum Gasteiger partial charge on any atom is -0.507 e. The van der Waals surface area contributed by atoms with E-state index in [2.05, 4.69) is 4.98 Å². The van der Waals surface area contributed by atoms with E-state index in [1.54, 1.807) is 0 Å². The first-order valence-electron chi connectivity index (χ1n) is 10.7. The number of aryl methyl sites for hydroxylation is 1. The Morgan fingerprint density at radius 3 is 2.59 bits per heavy atom. The maximum absolute atomic E-state index is 13.4. The summed E-state index contributed by atoms with van der Waals surface area (Å²) in [6.45, 7) is 2.72. The minimum atomic E-state index is -0.807. The number of nitrogens with one attached hydrogen (secondary N) is 1. The van der Waals surface area contributed by atoms with E-state index in [-0.39, 0.29) is 32.7 Å². The topological polar surface area (TPSA) is 85.9 Å². The van der Waals surface area contributed by atoms with E-state index < -0.39 is 17.7 Å². The molecule has 1 aromatic heterocycles. The van der Waals surface area contributed by atoms with Gasteiger partial charge in [0.2, 0.25) is 0 Å². The average molecular weight is 502 g/mol. The maximum atomic E-state index is 13.4. The van der Waals surface area contributed by atoms with Crippen molar-refractivity contribution in [2.45, 2.75) is 13.0 Å². The third-order valence-electron chi connectivity index (χ3n) is 6.01. The maximum Gasteiger partial charge on any atom is 0.295 e. The van der Waals surface area contributed by atoms with Crippen LogP contribution in [-0.4, -0.2) is 65.9 Å². The van der Waals surface area contributed by atoms with Crippen LogP contribution in [0.3, 0.4) is 0 Å². The zero-order valence-corrected chi connectivity index (χ0v) is 20.8. The van der Waals surface area contributed by atoms with Crippen molar-refractivity contribution in [2.24, 2.45) is 0 Å². The quantitative estimate of drug-likeness (QED) is 0.288. The Labute approximate surface area is 207 Å². The number of ether oxygens (including phenoxy) is 1. The lowest BCUT2D eigenvalue weighted by Gasteiger charge is -2.27. The summed E-state index contributed by atoms with van der Waals surface area (Å²) in [5.41, 5.74) is 2.53. The molecule has 0 bridgehead atoms. The molecule has 0 spiro atoms. The first-order chi connectivity index (χ1) is 16.1. The monoisotopic (exact) mass is 501 g/mol. The molecule has 1 atom stereocenters. The van der Waals surface area contributed by atoms with Crippen molar-refractivity contribution in [1.82, 2.24) is 14.8 Å². The van der Waals surface area contributed by atoms with Gasteiger partial charge in [0.05, 0.1) is 29.3 Å². The lowest BCUT2D eigenvalue weighted by Crippen LogP contribution is -2.35. The number of H-pyrrole nitrogens is 1. The molecule has 34 heavy (non-hydrogen) atoms. The van der Waals surface area contributed by atoms with Crippen molar-refractivity contribution in [3.63, 3.8) is 0 Å². The highest BCUT2D eigenvalue weighted by atomic mass is 35.5. The summed E-state index contributed by atoms with van der Waals surface area (Å²) in [6, 6.07) is 9.80. The van der Waals surface area contributed by atoms with Gasteiger partial charge in [0.25, 0.3) is 11.7 Å². The lowest BCUT2D eigenvalue weighted by molar-refractivity contribution is -0.140. The number of hydrogen-bond donors (Lipinski definition) is 2. The molecule has 2 N–H and O–H groups in total. The molecular weight excluding hydrogens is 477 g/mol. The lowest BCUT2D eigenvalue weighted by atomic mass is 9.93. The van der Waals surface area contributed by atoms with Crippen LogP contribution >= 0.6 is 23.2 Å². The van der Waals surface area contributed by atoms with Gasteiger partial charge in [-0.2, -0.15) is 0 Å². The number of para-hydroxylation sites is 1. The standard InChI is InChI=1S/C25H25Cl2N3O4/c1-13-19(15-7-5-6-8-18(15)28-13)21-20(23(32)25(33)30(21)10-9-29(2)3)22(31)16-11-14(26)12-17(27)24(16)34-4/h5-8,11-12,21,28,31H,9-10H2,1-4H3/b22-20+. The normalized spacial score (nSPS) is 17.9. The fourth-order valence-electron chi connectivity index (χ4n) is 4.46. The van der Waals surface area contributed by atoms with Crippen LogP contribution in [0.4, 0.5) is 0 Å². The van der Waals surface area contributed by atoms with E-state index in [9.17, 15) is 14.7 Å². The van der Waals surface area contributed by atoms with Crippen molar-refractivity contribution >= 4 is 51.6 Å². The number of hydrogen-bond acceptors (Lipinski definition) is 5. The van der Waals surface area contributed by atoms with Crippen LogP contribution in [0, 0.1) is 6.92 Å². The number of carbonyl (C=O) groups is 2. The van der Waals surface area contributed by atoms with Gasteiger partial charge in [0.15, 0.2) is 0 Å². The smallest absolute Gasteiger partial charge is 0.295 e. The number of rotatable bonds is 6. The van der Waals surface area contributed by atoms with E-state index in [1.807, 2.05) is 50.2 Å². The number of likely N-dealkylation sites (N-methyl/N-ethyl adjacent to an activating group) is 1. The third kappa shape index (κ3) is 4.04. The number of methoxy groups -OCH3 is 1. The first kappa shape index (κ1) is 24.1. The summed E-state index contributed by atoms with van der Waals surface area (Å²) >= 11 is 12.5. The van der Waals surface area contributed by atoms with Crippen molar-refractivity contribution < 1.29 is 19.4 Å². The number of nitrogens with zero attached hydrogens (tertiary/aromatic N) is 2. The molecule has 2 heterocycles. The van der Waals surface area contributed by atoms with Gasteiger partial charge in [0, 0.05) is 40.3 Å². The summed E-state index contributed by atoms with van der Waals surface area (Å²) < 4.78 is 5.39. The second-order valence-corrected chi connectivity index (χ2v) is 9.32. The number of benzene rings is 2.